The number of imidazole rings is 1. The van der Waals surface area contributed by atoms with Gasteiger partial charge in [0.15, 0.2) is 6.29 Å². The van der Waals surface area contributed by atoms with E-state index in [2.05, 4.69) is 4.98 Å². The Balaban J connectivity index is 1.29. The molecule has 0 radical (unpaired) electrons. The molecular formula is C23H25N3O3S. The molecule has 2 fully saturated rings. The van der Waals surface area contributed by atoms with E-state index in [1.54, 1.807) is 11.8 Å². The van der Waals surface area contributed by atoms with E-state index in [0.717, 1.165) is 46.9 Å². The van der Waals surface area contributed by atoms with Crippen molar-refractivity contribution in [1.29, 1.82) is 0 Å². The summed E-state index contributed by atoms with van der Waals surface area (Å²) in [5.74, 6) is 1.07. The number of carbonyl (C=O) groups is 1. The van der Waals surface area contributed by atoms with Crippen molar-refractivity contribution >= 4 is 23.3 Å². The number of pyridine rings is 1. The van der Waals surface area contributed by atoms with Gasteiger partial charge in [-0.3, -0.25) is 4.79 Å². The minimum Gasteiger partial charge on any atom is -0.350 e. The number of piperidine rings is 1. The number of ether oxygens (including phenoxy) is 2. The van der Waals surface area contributed by atoms with E-state index in [1.165, 1.54) is 0 Å². The van der Waals surface area contributed by atoms with Crippen LogP contribution in [-0.2, 0) is 15.2 Å². The number of fused-ring (bicyclic) bond motifs is 1. The summed E-state index contributed by atoms with van der Waals surface area (Å²) in [5.41, 5.74) is 2.70. The van der Waals surface area contributed by atoms with Gasteiger partial charge < -0.3 is 18.8 Å². The minimum absolute atomic E-state index is 0.0933. The highest BCUT2D eigenvalue weighted by Gasteiger charge is 2.33. The summed E-state index contributed by atoms with van der Waals surface area (Å²) in [5, 5.41) is 0. The second kappa shape index (κ2) is 8.79. The van der Waals surface area contributed by atoms with Gasteiger partial charge in [-0.2, -0.15) is 0 Å². The number of amides is 1. The largest absolute Gasteiger partial charge is 0.350 e. The van der Waals surface area contributed by atoms with Gasteiger partial charge in [0.1, 0.15) is 5.65 Å². The lowest BCUT2D eigenvalue weighted by molar-refractivity contribution is -0.0969. The molecule has 2 aliphatic rings. The third-order valence-electron chi connectivity index (χ3n) is 5.68. The maximum absolute atomic E-state index is 13.3. The third-order valence-corrected chi connectivity index (χ3v) is 6.79. The summed E-state index contributed by atoms with van der Waals surface area (Å²) in [4.78, 5) is 21.0. The van der Waals surface area contributed by atoms with Crippen molar-refractivity contribution in [2.45, 2.75) is 29.8 Å². The van der Waals surface area contributed by atoms with Crippen LogP contribution in [0.5, 0.6) is 0 Å². The maximum atomic E-state index is 13.3. The summed E-state index contributed by atoms with van der Waals surface area (Å²) in [7, 11) is 0. The number of nitrogens with zero attached hydrogens (tertiary/aromatic N) is 3. The van der Waals surface area contributed by atoms with Crippen LogP contribution in [0, 0.1) is 5.92 Å². The molecule has 5 rings (SSSR count). The van der Waals surface area contributed by atoms with Crippen molar-refractivity contribution in [2.24, 2.45) is 5.92 Å². The summed E-state index contributed by atoms with van der Waals surface area (Å²) in [6.45, 7) is 2.78. The number of hydrogen-bond acceptors (Lipinski definition) is 5. The Morgan fingerprint density at radius 3 is 2.83 bits per heavy atom. The standard InChI is InChI=1S/C23H25N3O3S/c27-22(26-11-5-6-17(14-26)23-28-12-13-29-23)19-7-1-2-8-20(19)30-16-18-15-25-10-4-3-9-21(25)24-18/h1-4,7-10,15,17,23H,5-6,11-14,16H2. The molecule has 7 heteroatoms. The Kier molecular flexibility index (Phi) is 5.75. The average Bonchev–Trinajstić information content (AvgIpc) is 3.47. The smallest absolute Gasteiger partial charge is 0.255 e. The van der Waals surface area contributed by atoms with E-state index in [0.29, 0.717) is 19.8 Å². The second-order valence-corrected chi connectivity index (χ2v) is 8.76. The molecule has 3 aromatic rings. The predicted molar refractivity (Wildman–Crippen MR) is 116 cm³/mol. The molecule has 30 heavy (non-hydrogen) atoms. The highest BCUT2D eigenvalue weighted by Crippen LogP contribution is 2.30. The quantitative estimate of drug-likeness (QED) is 0.584. The van der Waals surface area contributed by atoms with Crippen LogP contribution in [0.15, 0.2) is 59.8 Å². The summed E-state index contributed by atoms with van der Waals surface area (Å²) >= 11 is 1.66. The lowest BCUT2D eigenvalue weighted by Crippen LogP contribution is -2.44. The zero-order valence-electron chi connectivity index (χ0n) is 16.8. The SMILES string of the molecule is O=C(c1ccccc1SCc1cn2ccccc2n1)N1CCCC(C2OCCO2)C1. The van der Waals surface area contributed by atoms with E-state index < -0.39 is 0 Å². The Morgan fingerprint density at radius 2 is 1.97 bits per heavy atom. The number of rotatable bonds is 5. The molecule has 1 atom stereocenters. The zero-order chi connectivity index (χ0) is 20.3. The fraction of sp³-hybridized carbons (Fsp3) is 0.391. The van der Waals surface area contributed by atoms with Gasteiger partial charge in [0.25, 0.3) is 5.91 Å². The van der Waals surface area contributed by atoms with Crippen LogP contribution < -0.4 is 0 Å². The monoisotopic (exact) mass is 423 g/mol. The zero-order valence-corrected chi connectivity index (χ0v) is 17.6. The van der Waals surface area contributed by atoms with E-state index >= 15 is 0 Å². The highest BCUT2D eigenvalue weighted by molar-refractivity contribution is 7.98. The minimum atomic E-state index is -0.166. The van der Waals surface area contributed by atoms with Crippen LogP contribution >= 0.6 is 11.8 Å². The van der Waals surface area contributed by atoms with Crippen molar-refractivity contribution in [3.63, 3.8) is 0 Å². The number of carbonyl (C=O) groups excluding carboxylic acids is 1. The van der Waals surface area contributed by atoms with Crippen LogP contribution in [0.1, 0.15) is 28.9 Å². The molecule has 2 saturated heterocycles. The molecule has 1 amide bonds. The molecule has 4 heterocycles. The number of benzene rings is 1. The molecular weight excluding hydrogens is 398 g/mol. The molecule has 0 spiro atoms. The van der Waals surface area contributed by atoms with Gasteiger partial charge in [0.2, 0.25) is 0 Å². The first-order valence-electron chi connectivity index (χ1n) is 10.4. The van der Waals surface area contributed by atoms with E-state index in [4.69, 9.17) is 9.47 Å². The van der Waals surface area contributed by atoms with E-state index in [1.807, 2.05) is 64.2 Å². The average molecular weight is 424 g/mol. The molecule has 0 aliphatic carbocycles. The first-order valence-corrected chi connectivity index (χ1v) is 11.4. The Bertz CT molecular complexity index is 998. The number of hydrogen-bond donors (Lipinski definition) is 0. The molecule has 1 aromatic carbocycles. The first kappa shape index (κ1) is 19.6. The molecule has 0 N–H and O–H groups in total. The van der Waals surface area contributed by atoms with Crippen LogP contribution in [0.4, 0.5) is 0 Å². The topological polar surface area (TPSA) is 56.1 Å². The molecule has 0 saturated carbocycles. The predicted octanol–water partition coefficient (Wildman–Crippen LogP) is 3.85. The van der Waals surface area contributed by atoms with Crippen molar-refractivity contribution < 1.29 is 14.3 Å². The second-order valence-electron chi connectivity index (χ2n) is 7.75. The molecule has 6 nitrogen and oxygen atoms in total. The molecule has 1 unspecified atom stereocenters. The normalized spacial score (nSPS) is 20.1. The van der Waals surface area contributed by atoms with Crippen LogP contribution in [0.25, 0.3) is 5.65 Å². The first-order chi connectivity index (χ1) is 14.8. The van der Waals surface area contributed by atoms with Crippen molar-refractivity contribution in [3.8, 4) is 0 Å². The van der Waals surface area contributed by atoms with Crippen LogP contribution in [0.2, 0.25) is 0 Å². The van der Waals surface area contributed by atoms with Gasteiger partial charge in [-0.25, -0.2) is 4.98 Å². The fourth-order valence-corrected chi connectivity index (χ4v) is 5.14. The fourth-order valence-electron chi connectivity index (χ4n) is 4.21. The summed E-state index contributed by atoms with van der Waals surface area (Å²) in [6, 6.07) is 13.9. The number of likely N-dealkylation sites (tertiary alicyclic amines) is 1. The van der Waals surface area contributed by atoms with Gasteiger partial charge in [-0.15, -0.1) is 11.8 Å². The summed E-state index contributed by atoms with van der Waals surface area (Å²) < 4.78 is 13.4. The van der Waals surface area contributed by atoms with Gasteiger partial charge in [0, 0.05) is 42.0 Å². The molecule has 0 bridgehead atoms. The van der Waals surface area contributed by atoms with Crippen LogP contribution in [0.3, 0.4) is 0 Å². The molecule has 156 valence electrons. The van der Waals surface area contributed by atoms with Crippen LogP contribution in [-0.4, -0.2) is 52.8 Å². The molecule has 2 aromatic heterocycles. The Hall–Kier alpha value is -2.35. The van der Waals surface area contributed by atoms with Gasteiger partial charge in [0.05, 0.1) is 24.5 Å². The van der Waals surface area contributed by atoms with Crippen molar-refractivity contribution in [1.82, 2.24) is 14.3 Å². The van der Waals surface area contributed by atoms with Gasteiger partial charge in [-0.05, 0) is 37.1 Å². The highest BCUT2D eigenvalue weighted by atomic mass is 32.2. The molecule has 2 aliphatic heterocycles. The Labute approximate surface area is 180 Å². The van der Waals surface area contributed by atoms with Gasteiger partial charge >= 0.3 is 0 Å². The maximum Gasteiger partial charge on any atom is 0.255 e. The van der Waals surface area contributed by atoms with Crippen molar-refractivity contribution in [3.05, 3.63) is 66.1 Å². The number of thioether (sulfide) groups is 1. The Morgan fingerprint density at radius 1 is 1.13 bits per heavy atom. The van der Waals surface area contributed by atoms with E-state index in [9.17, 15) is 4.79 Å². The van der Waals surface area contributed by atoms with Gasteiger partial charge in [-0.1, -0.05) is 18.2 Å². The summed E-state index contributed by atoms with van der Waals surface area (Å²) in [6.07, 6.45) is 5.90. The van der Waals surface area contributed by atoms with E-state index in [-0.39, 0.29) is 18.1 Å². The number of aromatic nitrogens is 2. The third kappa shape index (κ3) is 4.10. The lowest BCUT2D eigenvalue weighted by Gasteiger charge is -2.35. The van der Waals surface area contributed by atoms with Crippen molar-refractivity contribution in [2.75, 3.05) is 26.3 Å². The lowest BCUT2D eigenvalue weighted by atomic mass is 9.96.